The van der Waals surface area contributed by atoms with Crippen molar-refractivity contribution in [3.05, 3.63) is 11.6 Å². The van der Waals surface area contributed by atoms with Crippen LogP contribution in [0.3, 0.4) is 0 Å². The average Bonchev–Trinajstić information content (AvgIpc) is 2.70. The van der Waals surface area contributed by atoms with E-state index in [1.807, 2.05) is 0 Å². The van der Waals surface area contributed by atoms with Gasteiger partial charge in [0, 0.05) is 12.1 Å². The molecule has 2 nitrogen and oxygen atoms in total. The van der Waals surface area contributed by atoms with Crippen LogP contribution in [0.5, 0.6) is 0 Å². The van der Waals surface area contributed by atoms with Crippen molar-refractivity contribution in [2.24, 2.45) is 5.92 Å². The van der Waals surface area contributed by atoms with Gasteiger partial charge in [0.05, 0.1) is 6.61 Å². The van der Waals surface area contributed by atoms with E-state index in [-0.39, 0.29) is 5.54 Å². The Morgan fingerprint density at radius 2 is 2.33 bits per heavy atom. The first kappa shape index (κ1) is 11.2. The molecule has 0 aromatic carbocycles. The van der Waals surface area contributed by atoms with Crippen molar-refractivity contribution in [3.8, 4) is 0 Å². The highest BCUT2D eigenvalue weighted by atomic mass is 16.3. The van der Waals surface area contributed by atoms with E-state index < -0.39 is 0 Å². The Morgan fingerprint density at radius 1 is 1.53 bits per heavy atom. The van der Waals surface area contributed by atoms with Crippen molar-refractivity contribution in [2.75, 3.05) is 19.7 Å². The molecule has 0 aromatic heterocycles. The maximum atomic E-state index is 9.55. The molecule has 0 amide bonds. The van der Waals surface area contributed by atoms with Gasteiger partial charge in [0.1, 0.15) is 0 Å². The smallest absolute Gasteiger partial charge is 0.0618 e. The summed E-state index contributed by atoms with van der Waals surface area (Å²) in [5.74, 6) is 0.748. The average molecular weight is 209 g/mol. The zero-order valence-electron chi connectivity index (χ0n) is 10.00. The first-order valence-corrected chi connectivity index (χ1v) is 6.20. The summed E-state index contributed by atoms with van der Waals surface area (Å²) in [6.07, 6.45) is 7.14. The molecule has 15 heavy (non-hydrogen) atoms. The van der Waals surface area contributed by atoms with Crippen molar-refractivity contribution in [1.29, 1.82) is 0 Å². The molecular weight excluding hydrogens is 186 g/mol. The van der Waals surface area contributed by atoms with Gasteiger partial charge in [-0.05, 0) is 38.1 Å². The Hall–Kier alpha value is -0.340. The number of allylic oxidation sites excluding steroid dienone is 1. The van der Waals surface area contributed by atoms with Crippen LogP contribution in [0.1, 0.15) is 39.5 Å². The van der Waals surface area contributed by atoms with Crippen LogP contribution >= 0.6 is 0 Å². The number of aliphatic hydroxyl groups excluding tert-OH is 1. The van der Waals surface area contributed by atoms with Gasteiger partial charge in [-0.1, -0.05) is 25.5 Å². The second kappa shape index (κ2) is 4.26. The molecule has 2 saturated heterocycles. The Labute approximate surface area is 93.0 Å². The first-order valence-electron chi connectivity index (χ1n) is 6.20. The van der Waals surface area contributed by atoms with Gasteiger partial charge in [-0.25, -0.2) is 0 Å². The summed E-state index contributed by atoms with van der Waals surface area (Å²) in [4.78, 5) is 2.49. The van der Waals surface area contributed by atoms with Gasteiger partial charge in [-0.3, -0.25) is 4.90 Å². The SMILES string of the molecule is CC(C)C/C=C1/CN2CCCC2(CO)C1. The van der Waals surface area contributed by atoms with Crippen LogP contribution < -0.4 is 0 Å². The minimum Gasteiger partial charge on any atom is -0.394 e. The molecule has 86 valence electrons. The topological polar surface area (TPSA) is 23.5 Å². The normalized spacial score (nSPS) is 34.3. The molecule has 1 atom stereocenters. The van der Waals surface area contributed by atoms with Crippen LogP contribution in [0.25, 0.3) is 0 Å². The lowest BCUT2D eigenvalue weighted by molar-refractivity contribution is 0.1000. The van der Waals surface area contributed by atoms with E-state index >= 15 is 0 Å². The van der Waals surface area contributed by atoms with E-state index in [4.69, 9.17) is 0 Å². The predicted octanol–water partition coefficient (Wildman–Crippen LogP) is 2.19. The zero-order chi connectivity index (χ0) is 10.9. The summed E-state index contributed by atoms with van der Waals surface area (Å²) < 4.78 is 0. The Kier molecular flexibility index (Phi) is 3.17. The van der Waals surface area contributed by atoms with Gasteiger partial charge < -0.3 is 5.11 Å². The van der Waals surface area contributed by atoms with Crippen LogP contribution in [0, 0.1) is 5.92 Å². The van der Waals surface area contributed by atoms with E-state index in [1.54, 1.807) is 5.57 Å². The monoisotopic (exact) mass is 209 g/mol. The largest absolute Gasteiger partial charge is 0.394 e. The summed E-state index contributed by atoms with van der Waals surface area (Å²) in [6, 6.07) is 0. The number of fused-ring (bicyclic) bond motifs is 1. The molecule has 0 spiro atoms. The molecule has 0 aliphatic carbocycles. The van der Waals surface area contributed by atoms with Crippen molar-refractivity contribution >= 4 is 0 Å². The van der Waals surface area contributed by atoms with Gasteiger partial charge in [-0.15, -0.1) is 0 Å². The summed E-state index contributed by atoms with van der Waals surface area (Å²) in [7, 11) is 0. The molecule has 1 N–H and O–H groups in total. The summed E-state index contributed by atoms with van der Waals surface area (Å²) in [5, 5.41) is 9.55. The molecule has 2 aliphatic heterocycles. The third-order valence-electron chi connectivity index (χ3n) is 3.86. The number of hydrogen-bond acceptors (Lipinski definition) is 2. The third kappa shape index (κ3) is 2.11. The number of rotatable bonds is 3. The summed E-state index contributed by atoms with van der Waals surface area (Å²) in [5.41, 5.74) is 1.68. The Balaban J connectivity index is 2.02. The second-order valence-corrected chi connectivity index (χ2v) is 5.58. The fraction of sp³-hybridized carbons (Fsp3) is 0.846. The van der Waals surface area contributed by atoms with Crippen molar-refractivity contribution in [3.63, 3.8) is 0 Å². The van der Waals surface area contributed by atoms with Gasteiger partial charge in [0.25, 0.3) is 0 Å². The quantitative estimate of drug-likeness (QED) is 0.720. The molecule has 2 heterocycles. The standard InChI is InChI=1S/C13H23NO/c1-11(2)4-5-12-8-13(10-15)6-3-7-14(13)9-12/h5,11,15H,3-4,6-10H2,1-2H3/b12-5+. The van der Waals surface area contributed by atoms with E-state index in [2.05, 4.69) is 24.8 Å². The molecule has 2 heteroatoms. The lowest BCUT2D eigenvalue weighted by atomic mass is 9.93. The number of aliphatic hydroxyl groups is 1. The third-order valence-corrected chi connectivity index (χ3v) is 3.86. The molecule has 0 bridgehead atoms. The van der Waals surface area contributed by atoms with Crippen LogP contribution in [0.4, 0.5) is 0 Å². The minimum absolute atomic E-state index is 0.128. The van der Waals surface area contributed by atoms with Crippen molar-refractivity contribution in [2.45, 2.75) is 45.1 Å². The Bertz CT molecular complexity index is 259. The maximum Gasteiger partial charge on any atom is 0.0618 e. The molecule has 0 saturated carbocycles. The number of nitrogens with zero attached hydrogens (tertiary/aromatic N) is 1. The van der Waals surface area contributed by atoms with Gasteiger partial charge >= 0.3 is 0 Å². The summed E-state index contributed by atoms with van der Waals surface area (Å²) in [6.45, 7) is 7.14. The van der Waals surface area contributed by atoms with Crippen LogP contribution in [-0.2, 0) is 0 Å². The number of hydrogen-bond donors (Lipinski definition) is 1. The predicted molar refractivity (Wildman–Crippen MR) is 62.8 cm³/mol. The fourth-order valence-electron chi connectivity index (χ4n) is 2.94. The van der Waals surface area contributed by atoms with Gasteiger partial charge in [0.2, 0.25) is 0 Å². The summed E-state index contributed by atoms with van der Waals surface area (Å²) >= 11 is 0. The lowest BCUT2D eigenvalue weighted by Gasteiger charge is -2.28. The highest BCUT2D eigenvalue weighted by Crippen LogP contribution is 2.40. The molecule has 2 rings (SSSR count). The first-order chi connectivity index (χ1) is 7.16. The van der Waals surface area contributed by atoms with E-state index in [0.717, 1.165) is 18.9 Å². The van der Waals surface area contributed by atoms with Gasteiger partial charge in [-0.2, -0.15) is 0 Å². The van der Waals surface area contributed by atoms with E-state index in [9.17, 15) is 5.11 Å². The van der Waals surface area contributed by atoms with Crippen LogP contribution in [-0.4, -0.2) is 35.2 Å². The molecule has 2 fully saturated rings. The molecule has 2 aliphatic rings. The molecule has 0 aromatic rings. The molecule has 0 radical (unpaired) electrons. The van der Waals surface area contributed by atoms with Crippen molar-refractivity contribution in [1.82, 2.24) is 4.90 Å². The van der Waals surface area contributed by atoms with E-state index in [0.29, 0.717) is 6.61 Å². The highest BCUT2D eigenvalue weighted by Gasteiger charge is 2.45. The van der Waals surface area contributed by atoms with Gasteiger partial charge in [0.15, 0.2) is 0 Å². The minimum atomic E-state index is 0.128. The Morgan fingerprint density at radius 3 is 2.93 bits per heavy atom. The van der Waals surface area contributed by atoms with Crippen LogP contribution in [0.2, 0.25) is 0 Å². The zero-order valence-corrected chi connectivity index (χ0v) is 10.00. The maximum absolute atomic E-state index is 9.55. The molecule has 1 unspecified atom stereocenters. The fourth-order valence-corrected chi connectivity index (χ4v) is 2.94. The highest BCUT2D eigenvalue weighted by molar-refractivity contribution is 5.20. The van der Waals surface area contributed by atoms with E-state index in [1.165, 1.54) is 25.8 Å². The van der Waals surface area contributed by atoms with Crippen LogP contribution in [0.15, 0.2) is 11.6 Å². The van der Waals surface area contributed by atoms with Crippen molar-refractivity contribution < 1.29 is 5.11 Å². The molecular formula is C13H23NO. The lowest BCUT2D eigenvalue weighted by Crippen LogP contribution is -2.41. The second-order valence-electron chi connectivity index (χ2n) is 5.58.